The molecule has 0 aromatic heterocycles. The number of halogens is 1. The first-order valence-electron chi connectivity index (χ1n) is 7.27. The average Bonchev–Trinajstić information content (AvgIpc) is 2.59. The zero-order valence-electron chi connectivity index (χ0n) is 12.2. The highest BCUT2D eigenvalue weighted by Crippen LogP contribution is 2.32. The molecule has 3 aromatic rings. The summed E-state index contributed by atoms with van der Waals surface area (Å²) in [6, 6.07) is 29.4. The van der Waals surface area contributed by atoms with E-state index < -0.39 is 0 Å². The molecular weight excluding hydrogens is 292 g/mol. The fourth-order valence-electron chi connectivity index (χ4n) is 2.69. The van der Waals surface area contributed by atoms with Gasteiger partial charge in [-0.15, -0.1) is 0 Å². The van der Waals surface area contributed by atoms with E-state index >= 15 is 0 Å². The molecule has 22 heavy (non-hydrogen) atoms. The topological polar surface area (TPSA) is 9.23 Å². The summed E-state index contributed by atoms with van der Waals surface area (Å²) in [6.45, 7) is 0. The molecule has 0 spiro atoms. The van der Waals surface area contributed by atoms with Crippen LogP contribution in [0.1, 0.15) is 22.6 Å². The van der Waals surface area contributed by atoms with E-state index in [0.717, 1.165) is 5.75 Å². The van der Waals surface area contributed by atoms with Gasteiger partial charge in [-0.05, 0) is 28.8 Å². The van der Waals surface area contributed by atoms with Crippen molar-refractivity contribution in [3.63, 3.8) is 0 Å². The molecule has 0 aliphatic rings. The standard InChI is InChI=1S/C20H17ClO/c21-15-22-19-13-11-18(12-14-19)20(16-7-3-1-4-8-16)17-9-5-2-6-10-17/h1-14,20H,15H2. The Morgan fingerprint density at radius 2 is 1.09 bits per heavy atom. The molecule has 0 aliphatic carbocycles. The third kappa shape index (κ3) is 3.32. The largest absolute Gasteiger partial charge is 0.478 e. The zero-order chi connectivity index (χ0) is 15.2. The summed E-state index contributed by atoms with van der Waals surface area (Å²) in [6.07, 6.45) is 0. The van der Waals surface area contributed by atoms with E-state index in [4.69, 9.17) is 16.3 Å². The first-order chi connectivity index (χ1) is 10.9. The molecule has 3 rings (SSSR count). The molecule has 2 heteroatoms. The zero-order valence-corrected chi connectivity index (χ0v) is 12.9. The van der Waals surface area contributed by atoms with Crippen LogP contribution in [0.15, 0.2) is 84.9 Å². The second-order valence-electron chi connectivity index (χ2n) is 5.08. The highest BCUT2D eigenvalue weighted by atomic mass is 35.5. The van der Waals surface area contributed by atoms with Crippen LogP contribution in [0.3, 0.4) is 0 Å². The first-order valence-corrected chi connectivity index (χ1v) is 7.80. The lowest BCUT2D eigenvalue weighted by molar-refractivity contribution is 0.388. The van der Waals surface area contributed by atoms with Crippen molar-refractivity contribution in [2.75, 3.05) is 6.07 Å². The summed E-state index contributed by atoms with van der Waals surface area (Å²) in [5.41, 5.74) is 3.79. The minimum Gasteiger partial charge on any atom is -0.478 e. The van der Waals surface area contributed by atoms with Gasteiger partial charge in [-0.3, -0.25) is 0 Å². The minimum absolute atomic E-state index is 0.167. The quantitative estimate of drug-likeness (QED) is 0.450. The Bertz CT molecular complexity index is 653. The van der Waals surface area contributed by atoms with Crippen molar-refractivity contribution in [2.45, 2.75) is 5.92 Å². The second kappa shape index (κ2) is 7.15. The van der Waals surface area contributed by atoms with E-state index in [0.29, 0.717) is 0 Å². The Hall–Kier alpha value is -2.25. The van der Waals surface area contributed by atoms with Gasteiger partial charge in [0.1, 0.15) is 5.75 Å². The van der Waals surface area contributed by atoms with Gasteiger partial charge in [-0.25, -0.2) is 0 Å². The Morgan fingerprint density at radius 1 is 0.636 bits per heavy atom. The van der Waals surface area contributed by atoms with E-state index in [2.05, 4.69) is 60.7 Å². The predicted octanol–water partition coefficient (Wildman–Crippen LogP) is 5.44. The molecule has 0 bridgehead atoms. The molecule has 0 atom stereocenters. The molecule has 0 amide bonds. The molecule has 0 N–H and O–H groups in total. The van der Waals surface area contributed by atoms with Gasteiger partial charge in [0.25, 0.3) is 0 Å². The van der Waals surface area contributed by atoms with Gasteiger partial charge in [-0.2, -0.15) is 0 Å². The van der Waals surface area contributed by atoms with E-state index in [1.807, 2.05) is 24.3 Å². The third-order valence-corrected chi connectivity index (χ3v) is 3.81. The summed E-state index contributed by atoms with van der Waals surface area (Å²) in [5.74, 6) is 1.01. The third-order valence-electron chi connectivity index (χ3n) is 3.70. The van der Waals surface area contributed by atoms with Crippen LogP contribution in [0.2, 0.25) is 0 Å². The maximum absolute atomic E-state index is 5.61. The summed E-state index contributed by atoms with van der Waals surface area (Å²) in [7, 11) is 0. The van der Waals surface area contributed by atoms with Crippen LogP contribution >= 0.6 is 11.6 Å². The summed E-state index contributed by atoms with van der Waals surface area (Å²) in [5, 5.41) is 0. The molecular formula is C20H17ClO. The number of benzene rings is 3. The van der Waals surface area contributed by atoms with E-state index in [9.17, 15) is 0 Å². The predicted molar refractivity (Wildman–Crippen MR) is 91.6 cm³/mol. The van der Waals surface area contributed by atoms with Crippen molar-refractivity contribution in [1.29, 1.82) is 0 Å². The van der Waals surface area contributed by atoms with Gasteiger partial charge in [0, 0.05) is 5.92 Å². The van der Waals surface area contributed by atoms with Gasteiger partial charge in [0.05, 0.1) is 0 Å². The van der Waals surface area contributed by atoms with Crippen molar-refractivity contribution in [2.24, 2.45) is 0 Å². The van der Waals surface area contributed by atoms with E-state index in [1.165, 1.54) is 16.7 Å². The van der Waals surface area contributed by atoms with Crippen molar-refractivity contribution in [1.82, 2.24) is 0 Å². The smallest absolute Gasteiger partial charge is 0.162 e. The first kappa shape index (κ1) is 14.7. The molecule has 0 heterocycles. The Labute approximate surface area is 136 Å². The minimum atomic E-state index is 0.167. The number of alkyl halides is 1. The lowest BCUT2D eigenvalue weighted by Gasteiger charge is -2.19. The van der Waals surface area contributed by atoms with Gasteiger partial charge < -0.3 is 4.74 Å². The van der Waals surface area contributed by atoms with Crippen molar-refractivity contribution < 1.29 is 4.74 Å². The molecule has 0 radical (unpaired) electrons. The number of hydrogen-bond acceptors (Lipinski definition) is 1. The molecule has 1 nitrogen and oxygen atoms in total. The molecule has 0 saturated heterocycles. The summed E-state index contributed by atoms with van der Waals surface area (Å²) in [4.78, 5) is 0. The Kier molecular flexibility index (Phi) is 4.77. The number of ether oxygens (including phenoxy) is 1. The van der Waals surface area contributed by atoms with Crippen LogP contribution in [0.4, 0.5) is 0 Å². The van der Waals surface area contributed by atoms with Gasteiger partial charge in [0.2, 0.25) is 0 Å². The highest BCUT2D eigenvalue weighted by Gasteiger charge is 2.16. The number of rotatable bonds is 5. The molecule has 0 fully saturated rings. The van der Waals surface area contributed by atoms with E-state index in [-0.39, 0.29) is 12.0 Å². The van der Waals surface area contributed by atoms with Crippen molar-refractivity contribution >= 4 is 11.6 Å². The lowest BCUT2D eigenvalue weighted by atomic mass is 9.85. The summed E-state index contributed by atoms with van der Waals surface area (Å²) < 4.78 is 5.32. The van der Waals surface area contributed by atoms with Crippen LogP contribution in [0.25, 0.3) is 0 Å². The highest BCUT2D eigenvalue weighted by molar-refractivity contribution is 6.17. The van der Waals surface area contributed by atoms with E-state index in [1.54, 1.807) is 0 Å². The van der Waals surface area contributed by atoms with Gasteiger partial charge >= 0.3 is 0 Å². The van der Waals surface area contributed by atoms with Gasteiger partial charge in [-0.1, -0.05) is 84.4 Å². The maximum atomic E-state index is 5.61. The van der Waals surface area contributed by atoms with Crippen LogP contribution in [0.5, 0.6) is 5.75 Å². The van der Waals surface area contributed by atoms with Gasteiger partial charge in [0.15, 0.2) is 6.07 Å². The van der Waals surface area contributed by atoms with Crippen molar-refractivity contribution in [3.8, 4) is 5.75 Å². The average molecular weight is 309 g/mol. The normalized spacial score (nSPS) is 10.6. The molecule has 0 aliphatic heterocycles. The number of hydrogen-bond donors (Lipinski definition) is 0. The monoisotopic (exact) mass is 308 g/mol. The molecule has 0 unspecified atom stereocenters. The Morgan fingerprint density at radius 3 is 1.55 bits per heavy atom. The van der Waals surface area contributed by atoms with Crippen molar-refractivity contribution in [3.05, 3.63) is 102 Å². The second-order valence-corrected chi connectivity index (χ2v) is 5.30. The molecule has 0 saturated carbocycles. The van der Waals surface area contributed by atoms with Crippen LogP contribution in [-0.4, -0.2) is 6.07 Å². The van der Waals surface area contributed by atoms with Crippen LogP contribution in [0, 0.1) is 0 Å². The molecule has 3 aromatic carbocycles. The SMILES string of the molecule is ClCOc1ccc(C(c2ccccc2)c2ccccc2)cc1. The maximum Gasteiger partial charge on any atom is 0.162 e. The van der Waals surface area contributed by atoms with Crippen LogP contribution in [-0.2, 0) is 0 Å². The summed E-state index contributed by atoms with van der Waals surface area (Å²) >= 11 is 5.61. The fourth-order valence-corrected chi connectivity index (χ4v) is 2.81. The Balaban J connectivity index is 2.02. The fraction of sp³-hybridized carbons (Fsp3) is 0.100. The lowest BCUT2D eigenvalue weighted by Crippen LogP contribution is -2.03. The van der Waals surface area contributed by atoms with Crippen LogP contribution < -0.4 is 4.74 Å². The molecule has 110 valence electrons.